The topological polar surface area (TPSA) is 165 Å². The van der Waals surface area contributed by atoms with Crippen LogP contribution in [0.2, 0.25) is 0 Å². The number of aliphatic imine (C=N–C) groups is 1. The van der Waals surface area contributed by atoms with E-state index in [1.165, 1.54) is 14.0 Å². The molecule has 0 fully saturated rings. The molecule has 4 rings (SSSR count). The van der Waals surface area contributed by atoms with Gasteiger partial charge in [-0.3, -0.25) is 29.0 Å². The summed E-state index contributed by atoms with van der Waals surface area (Å²) in [5, 5.41) is 7.89. The Morgan fingerprint density at radius 1 is 1.00 bits per heavy atom. The number of fused-ring (bicyclic) bond motifs is 1. The Labute approximate surface area is 308 Å². The van der Waals surface area contributed by atoms with Crippen molar-refractivity contribution in [1.82, 2.24) is 10.6 Å². The Morgan fingerprint density at radius 2 is 1.75 bits per heavy atom. The number of amides is 4. The number of benzene rings is 3. The van der Waals surface area contributed by atoms with E-state index in [1.54, 1.807) is 36.4 Å². The molecule has 1 heterocycles. The first kappa shape index (κ1) is 39.4. The van der Waals surface area contributed by atoms with Crippen LogP contribution in [0, 0.1) is 6.92 Å². The van der Waals surface area contributed by atoms with Crippen molar-refractivity contribution in [2.45, 2.75) is 70.5 Å². The monoisotopic (exact) mass is 733 g/mol. The van der Waals surface area contributed by atoms with Gasteiger partial charge in [-0.05, 0) is 73.2 Å². The van der Waals surface area contributed by atoms with Gasteiger partial charge < -0.3 is 35.1 Å². The lowest BCUT2D eigenvalue weighted by molar-refractivity contribution is -0.140. The lowest BCUT2D eigenvalue weighted by Crippen LogP contribution is -2.45. The molecule has 0 aliphatic carbocycles. The third-order valence-corrected chi connectivity index (χ3v) is 8.69. The zero-order chi connectivity index (χ0) is 37.6. The summed E-state index contributed by atoms with van der Waals surface area (Å²) >= 11 is 6.17. The Kier molecular flexibility index (Phi) is 14.6. The number of aryl methyl sites for hydroxylation is 1. The fourth-order valence-electron chi connectivity index (χ4n) is 5.61. The lowest BCUT2D eigenvalue weighted by Gasteiger charge is -2.17. The molecule has 1 aliphatic heterocycles. The summed E-state index contributed by atoms with van der Waals surface area (Å²) in [4.78, 5) is 66.8. The molecule has 0 saturated carbocycles. The van der Waals surface area contributed by atoms with E-state index in [9.17, 15) is 24.0 Å². The number of halogens is 1. The molecule has 2 atom stereocenters. The van der Waals surface area contributed by atoms with Crippen LogP contribution in [-0.2, 0) is 47.6 Å². The maximum atomic E-state index is 13.0. The van der Waals surface area contributed by atoms with Gasteiger partial charge in [0.05, 0.1) is 32.5 Å². The Balaban J connectivity index is 1.34. The van der Waals surface area contributed by atoms with Crippen LogP contribution in [-0.4, -0.2) is 69.2 Å². The third kappa shape index (κ3) is 11.0. The van der Waals surface area contributed by atoms with Crippen LogP contribution in [0.25, 0.3) is 0 Å². The largest absolute Gasteiger partial charge is 0.493 e. The predicted molar refractivity (Wildman–Crippen MR) is 198 cm³/mol. The molecule has 4 amide bonds. The number of nitrogens with one attached hydrogen (secondary N) is 3. The van der Waals surface area contributed by atoms with E-state index in [1.807, 2.05) is 43.3 Å². The first-order chi connectivity index (χ1) is 25.0. The molecule has 0 aromatic heterocycles. The first-order valence-electron chi connectivity index (χ1n) is 16.8. The van der Waals surface area contributed by atoms with Crippen molar-refractivity contribution in [3.05, 3.63) is 76.9 Å². The summed E-state index contributed by atoms with van der Waals surface area (Å²) in [6.45, 7) is 3.26. The molecule has 13 nitrogen and oxygen atoms in total. The molecule has 0 bridgehead atoms. The molecule has 3 aromatic carbocycles. The predicted octanol–water partition coefficient (Wildman–Crippen LogP) is 4.90. The number of methoxy groups -OCH3 is 2. The molecular formula is C38H44ClN5O8. The molecule has 3 aromatic rings. The zero-order valence-corrected chi connectivity index (χ0v) is 30.5. The lowest BCUT2D eigenvalue weighted by atomic mass is 10.1. The van der Waals surface area contributed by atoms with Crippen LogP contribution >= 0.6 is 11.6 Å². The van der Waals surface area contributed by atoms with Crippen molar-refractivity contribution in [2.24, 2.45) is 4.99 Å². The number of carbonyl (C=O) groups excluding carboxylic acids is 5. The van der Waals surface area contributed by atoms with Crippen molar-refractivity contribution in [1.29, 1.82) is 0 Å². The zero-order valence-electron chi connectivity index (χ0n) is 29.7. The highest BCUT2D eigenvalue weighted by Gasteiger charge is 2.27. The highest BCUT2D eigenvalue weighted by Crippen LogP contribution is 2.36. The minimum Gasteiger partial charge on any atom is -0.493 e. The number of alkyl halides is 1. The highest BCUT2D eigenvalue weighted by molar-refractivity contribution is 6.17. The SMILES string of the molecule is COC(=O)CCCCC(=O)NCC(=O)NC(C)C(=O)Nc1cc(CCl)cc(COc2cc(N=CC3Cc4ccccc4N3C=O)c(C)cc2OC)c1. The summed E-state index contributed by atoms with van der Waals surface area (Å²) in [5.41, 5.74) is 5.39. The van der Waals surface area contributed by atoms with Crippen molar-refractivity contribution in [3.63, 3.8) is 0 Å². The molecular weight excluding hydrogens is 690 g/mol. The van der Waals surface area contributed by atoms with E-state index < -0.39 is 17.9 Å². The summed E-state index contributed by atoms with van der Waals surface area (Å²) in [6, 6.07) is 15.6. The summed E-state index contributed by atoms with van der Waals surface area (Å²) in [6.07, 6.45) is 4.61. The van der Waals surface area contributed by atoms with Gasteiger partial charge in [0.1, 0.15) is 12.6 Å². The van der Waals surface area contributed by atoms with Crippen LogP contribution in [0.1, 0.15) is 54.9 Å². The smallest absolute Gasteiger partial charge is 0.305 e. The van der Waals surface area contributed by atoms with E-state index >= 15 is 0 Å². The van der Waals surface area contributed by atoms with Crippen molar-refractivity contribution in [3.8, 4) is 11.5 Å². The number of nitrogens with zero attached hydrogens (tertiary/aromatic N) is 2. The highest BCUT2D eigenvalue weighted by atomic mass is 35.5. The minimum absolute atomic E-state index is 0.113. The second-order valence-electron chi connectivity index (χ2n) is 12.3. The van der Waals surface area contributed by atoms with Gasteiger partial charge in [0, 0.05) is 48.8 Å². The van der Waals surface area contributed by atoms with Gasteiger partial charge in [0.15, 0.2) is 11.5 Å². The molecule has 3 N–H and O–H groups in total. The van der Waals surface area contributed by atoms with Crippen molar-refractivity contribution < 1.29 is 38.2 Å². The second-order valence-corrected chi connectivity index (χ2v) is 12.5. The van der Waals surface area contributed by atoms with Gasteiger partial charge in [0.2, 0.25) is 24.1 Å². The fraction of sp³-hybridized carbons (Fsp3) is 0.368. The summed E-state index contributed by atoms with van der Waals surface area (Å²) in [7, 11) is 2.85. The van der Waals surface area contributed by atoms with Crippen LogP contribution < -0.4 is 30.3 Å². The van der Waals surface area contributed by atoms with E-state index in [2.05, 4.69) is 20.7 Å². The molecule has 2 unspecified atom stereocenters. The second kappa shape index (κ2) is 19.3. The first-order valence-corrected chi connectivity index (χ1v) is 17.4. The molecule has 14 heteroatoms. The Bertz CT molecular complexity index is 1800. The molecule has 1 aliphatic rings. The average molecular weight is 734 g/mol. The maximum Gasteiger partial charge on any atom is 0.305 e. The van der Waals surface area contributed by atoms with E-state index in [0.717, 1.165) is 34.4 Å². The number of ether oxygens (including phenoxy) is 3. The number of hydrogen-bond donors (Lipinski definition) is 3. The number of rotatable bonds is 18. The van der Waals surface area contributed by atoms with Crippen LogP contribution in [0.3, 0.4) is 0 Å². The van der Waals surface area contributed by atoms with Gasteiger partial charge >= 0.3 is 5.97 Å². The Hall–Kier alpha value is -5.43. The van der Waals surface area contributed by atoms with Crippen molar-refractivity contribution in [2.75, 3.05) is 31.0 Å². The average Bonchev–Trinajstić information content (AvgIpc) is 3.51. The molecule has 0 spiro atoms. The van der Waals surface area contributed by atoms with Gasteiger partial charge in [-0.25, -0.2) is 0 Å². The van der Waals surface area contributed by atoms with Crippen LogP contribution in [0.4, 0.5) is 17.1 Å². The van der Waals surface area contributed by atoms with Gasteiger partial charge in [-0.15, -0.1) is 11.6 Å². The van der Waals surface area contributed by atoms with Gasteiger partial charge in [0.25, 0.3) is 0 Å². The van der Waals surface area contributed by atoms with E-state index in [0.29, 0.717) is 42.1 Å². The quantitative estimate of drug-likeness (QED) is 0.0546. The summed E-state index contributed by atoms with van der Waals surface area (Å²) in [5.74, 6) is -0.527. The fourth-order valence-corrected chi connectivity index (χ4v) is 5.77. The minimum atomic E-state index is -0.906. The van der Waals surface area contributed by atoms with Crippen molar-refractivity contribution >= 4 is 65.0 Å². The molecule has 52 heavy (non-hydrogen) atoms. The van der Waals surface area contributed by atoms with E-state index in [4.69, 9.17) is 26.1 Å². The maximum absolute atomic E-state index is 13.0. The summed E-state index contributed by atoms with van der Waals surface area (Å²) < 4.78 is 16.3. The number of carbonyl (C=O) groups is 5. The Morgan fingerprint density at radius 3 is 2.48 bits per heavy atom. The number of para-hydroxylation sites is 1. The number of unbranched alkanes of at least 4 members (excludes halogenated alkanes) is 1. The number of hydrogen-bond acceptors (Lipinski definition) is 9. The van der Waals surface area contributed by atoms with Gasteiger partial charge in [-0.1, -0.05) is 24.3 Å². The molecule has 0 saturated heterocycles. The third-order valence-electron chi connectivity index (χ3n) is 8.39. The van der Waals surface area contributed by atoms with Gasteiger partial charge in [-0.2, -0.15) is 0 Å². The molecule has 0 radical (unpaired) electrons. The normalized spacial score (nSPS) is 13.9. The van der Waals surface area contributed by atoms with Crippen LogP contribution in [0.5, 0.6) is 11.5 Å². The van der Waals surface area contributed by atoms with Crippen LogP contribution in [0.15, 0.2) is 59.6 Å². The standard InChI is InChI=1S/C38H44ClN5O8/c1-24-13-33(50-3)34(18-31(24)40-20-30-17-28-9-5-6-10-32(28)44(30)23-45)52-22-27-14-26(19-39)15-29(16-27)43-38(49)25(2)42-36(47)21-41-35(46)11-7-8-12-37(48)51-4/h5-6,9-10,13-16,18,20,23,25,30H,7-8,11-12,17,19,21-22H2,1-4H3,(H,41,46)(H,42,47)(H,43,49). The number of esters is 1. The van der Waals surface area contributed by atoms with E-state index in [-0.39, 0.29) is 49.8 Å². The number of anilines is 2. The molecule has 276 valence electrons.